The van der Waals surface area contributed by atoms with Crippen LogP contribution < -0.4 is 0 Å². The topological polar surface area (TPSA) is 64.8 Å². The average molecular weight is 355 g/mol. The number of unbranched alkanes of at least 4 members (excludes halogenated alkanes) is 1. The number of hydrogen-bond acceptors (Lipinski definition) is 4. The van der Waals surface area contributed by atoms with E-state index in [9.17, 15) is 8.42 Å². The lowest BCUT2D eigenvalue weighted by Crippen LogP contribution is -2.19. The molecule has 0 aliphatic heterocycles. The highest BCUT2D eigenvalue weighted by Crippen LogP contribution is 2.22. The maximum atomic E-state index is 13.0. The van der Waals surface area contributed by atoms with E-state index in [0.29, 0.717) is 11.3 Å². The molecule has 0 aliphatic rings. The summed E-state index contributed by atoms with van der Waals surface area (Å²) in [6, 6.07) is 16.2. The van der Waals surface area contributed by atoms with Crippen LogP contribution in [0.15, 0.2) is 65.6 Å². The molecule has 130 valence electrons. The second kappa shape index (κ2) is 7.61. The Balaban J connectivity index is 1.93. The van der Waals surface area contributed by atoms with Gasteiger partial charge in [-0.25, -0.2) is 13.1 Å². The van der Waals surface area contributed by atoms with Crippen LogP contribution >= 0.6 is 0 Å². The molecule has 25 heavy (non-hydrogen) atoms. The smallest absolute Gasteiger partial charge is 0.184 e. The lowest BCUT2D eigenvalue weighted by Gasteiger charge is -2.14. The van der Waals surface area contributed by atoms with Gasteiger partial charge in [0.05, 0.1) is 15.7 Å². The summed E-state index contributed by atoms with van der Waals surface area (Å²) < 4.78 is 27.5. The fraction of sp³-hybridized carbons (Fsp3) is 0.263. The van der Waals surface area contributed by atoms with Crippen molar-refractivity contribution < 1.29 is 8.42 Å². The maximum Gasteiger partial charge on any atom is 0.184 e. The van der Waals surface area contributed by atoms with Crippen molar-refractivity contribution in [3.05, 3.63) is 60.7 Å². The number of rotatable bonds is 7. The van der Waals surface area contributed by atoms with Crippen LogP contribution in [-0.2, 0) is 9.84 Å². The van der Waals surface area contributed by atoms with Crippen molar-refractivity contribution in [3.63, 3.8) is 0 Å². The Morgan fingerprint density at radius 3 is 2.56 bits per heavy atom. The van der Waals surface area contributed by atoms with E-state index >= 15 is 0 Å². The van der Waals surface area contributed by atoms with Gasteiger partial charge in [-0.3, -0.25) is 0 Å². The molecule has 0 aliphatic carbocycles. The van der Waals surface area contributed by atoms with Crippen LogP contribution in [-0.4, -0.2) is 28.7 Å². The van der Waals surface area contributed by atoms with Crippen LogP contribution in [0.3, 0.4) is 0 Å². The van der Waals surface area contributed by atoms with Crippen LogP contribution in [0.1, 0.15) is 26.2 Å². The highest BCUT2D eigenvalue weighted by Gasteiger charge is 2.24. The molecule has 1 unspecified atom stereocenters. The Kier molecular flexibility index (Phi) is 5.28. The number of para-hydroxylation sites is 1. The minimum Gasteiger partial charge on any atom is -0.223 e. The largest absolute Gasteiger partial charge is 0.223 e. The van der Waals surface area contributed by atoms with Gasteiger partial charge in [0.25, 0.3) is 0 Å². The van der Waals surface area contributed by atoms with Gasteiger partial charge in [0.15, 0.2) is 9.84 Å². The summed E-state index contributed by atoms with van der Waals surface area (Å²) in [7, 11) is -3.43. The van der Waals surface area contributed by atoms with Gasteiger partial charge in [0.2, 0.25) is 0 Å². The maximum absolute atomic E-state index is 13.0. The van der Waals surface area contributed by atoms with Gasteiger partial charge in [-0.2, -0.15) is 0 Å². The molecule has 1 heterocycles. The Labute approximate surface area is 147 Å². The molecule has 1 atom stereocenters. The molecular formula is C19H21N3O2S. The fourth-order valence-corrected chi connectivity index (χ4v) is 4.36. The molecule has 0 fully saturated rings. The van der Waals surface area contributed by atoms with Crippen molar-refractivity contribution in [2.75, 3.05) is 0 Å². The molecule has 2 aromatic carbocycles. The number of hydrogen-bond donors (Lipinski definition) is 0. The molecule has 3 aromatic rings. The van der Waals surface area contributed by atoms with Gasteiger partial charge in [0.1, 0.15) is 5.52 Å². The number of nitrogens with zero attached hydrogens (tertiary/aromatic N) is 3. The lowest BCUT2D eigenvalue weighted by molar-refractivity contribution is 0.579. The number of aromatic nitrogens is 3. The molecule has 0 N–H and O–H groups in total. The van der Waals surface area contributed by atoms with Crippen molar-refractivity contribution in [2.45, 2.75) is 36.3 Å². The standard InChI is InChI=1S/C19H21N3O2S/c1-2-3-9-17(25(23,24)16-10-5-4-6-11-16)14-15-22-19-13-8-7-12-18(19)20-21-22/h4-8,10-15,17H,2-3,9H2,1H3/b15-14+. The Morgan fingerprint density at radius 2 is 1.80 bits per heavy atom. The first-order valence-corrected chi connectivity index (χ1v) is 9.94. The van der Waals surface area contributed by atoms with Gasteiger partial charge in [-0.1, -0.05) is 55.3 Å². The highest BCUT2D eigenvalue weighted by atomic mass is 32.2. The van der Waals surface area contributed by atoms with Crippen LogP contribution in [0, 0.1) is 0 Å². The molecule has 1 aromatic heterocycles. The average Bonchev–Trinajstić information content (AvgIpc) is 3.05. The van der Waals surface area contributed by atoms with E-state index in [2.05, 4.69) is 17.2 Å². The van der Waals surface area contributed by atoms with Crippen molar-refractivity contribution >= 4 is 27.1 Å². The molecule has 6 heteroatoms. The van der Waals surface area contributed by atoms with E-state index < -0.39 is 15.1 Å². The predicted molar refractivity (Wildman–Crippen MR) is 99.8 cm³/mol. The first-order chi connectivity index (χ1) is 12.1. The third-order valence-corrected chi connectivity index (χ3v) is 6.25. The molecule has 5 nitrogen and oxygen atoms in total. The Hall–Kier alpha value is -2.47. The second-order valence-electron chi connectivity index (χ2n) is 5.90. The first-order valence-electron chi connectivity index (χ1n) is 8.40. The first kappa shape index (κ1) is 17.4. The monoisotopic (exact) mass is 355 g/mol. The molecule has 0 amide bonds. The van der Waals surface area contributed by atoms with E-state index in [4.69, 9.17) is 0 Å². The summed E-state index contributed by atoms with van der Waals surface area (Å²) in [5.41, 5.74) is 1.63. The molecule has 0 saturated carbocycles. The van der Waals surface area contributed by atoms with Crippen LogP contribution in [0.4, 0.5) is 0 Å². The number of benzene rings is 2. The van der Waals surface area contributed by atoms with Crippen LogP contribution in [0.2, 0.25) is 0 Å². The second-order valence-corrected chi connectivity index (χ2v) is 8.07. The summed E-state index contributed by atoms with van der Waals surface area (Å²) >= 11 is 0. The normalized spacial score (nSPS) is 13.5. The Morgan fingerprint density at radius 1 is 1.08 bits per heavy atom. The Bertz CT molecular complexity index is 963. The minimum atomic E-state index is -3.43. The van der Waals surface area contributed by atoms with Crippen molar-refractivity contribution in [3.8, 4) is 0 Å². The van der Waals surface area contributed by atoms with Crippen molar-refractivity contribution in [1.29, 1.82) is 0 Å². The van der Waals surface area contributed by atoms with Crippen molar-refractivity contribution in [1.82, 2.24) is 15.0 Å². The van der Waals surface area contributed by atoms with Gasteiger partial charge in [-0.05, 0) is 36.8 Å². The molecule has 0 bridgehead atoms. The third kappa shape index (κ3) is 3.79. The molecule has 0 radical (unpaired) electrons. The third-order valence-electron chi connectivity index (χ3n) is 4.13. The fourth-order valence-electron chi connectivity index (χ4n) is 2.72. The van der Waals surface area contributed by atoms with Gasteiger partial charge in [-0.15, -0.1) is 5.10 Å². The van der Waals surface area contributed by atoms with Crippen LogP contribution in [0.5, 0.6) is 0 Å². The predicted octanol–water partition coefficient (Wildman–Crippen LogP) is 3.93. The van der Waals surface area contributed by atoms with E-state index in [-0.39, 0.29) is 0 Å². The van der Waals surface area contributed by atoms with Crippen molar-refractivity contribution in [2.24, 2.45) is 0 Å². The summed E-state index contributed by atoms with van der Waals surface area (Å²) in [6.07, 6.45) is 5.80. The number of sulfone groups is 1. The lowest BCUT2D eigenvalue weighted by atomic mass is 10.2. The van der Waals surface area contributed by atoms with Gasteiger partial charge >= 0.3 is 0 Å². The minimum absolute atomic E-state index is 0.351. The van der Waals surface area contributed by atoms with Gasteiger partial charge in [0, 0.05) is 6.20 Å². The van der Waals surface area contributed by atoms with Gasteiger partial charge < -0.3 is 0 Å². The molecule has 0 spiro atoms. The zero-order chi connectivity index (χ0) is 17.7. The molecular weight excluding hydrogens is 334 g/mol. The summed E-state index contributed by atoms with van der Waals surface area (Å²) in [5.74, 6) is 0. The van der Waals surface area contributed by atoms with E-state index in [1.165, 1.54) is 0 Å². The molecule has 0 saturated heterocycles. The number of fused-ring (bicyclic) bond motifs is 1. The highest BCUT2D eigenvalue weighted by molar-refractivity contribution is 7.92. The van der Waals surface area contributed by atoms with Crippen LogP contribution in [0.25, 0.3) is 17.2 Å². The van der Waals surface area contributed by atoms with E-state index in [0.717, 1.165) is 23.9 Å². The summed E-state index contributed by atoms with van der Waals surface area (Å²) in [5, 5.41) is 7.59. The zero-order valence-electron chi connectivity index (χ0n) is 14.1. The quantitative estimate of drug-likeness (QED) is 0.644. The summed E-state index contributed by atoms with van der Waals surface area (Å²) in [4.78, 5) is 0.351. The van der Waals surface area contributed by atoms with E-state index in [1.54, 1.807) is 41.2 Å². The SMILES string of the molecule is CCCCC(/C=C/n1nnc2ccccc21)S(=O)(=O)c1ccccc1. The summed E-state index contributed by atoms with van der Waals surface area (Å²) in [6.45, 7) is 2.06. The zero-order valence-corrected chi connectivity index (χ0v) is 14.9. The van der Waals surface area contributed by atoms with E-state index in [1.807, 2.05) is 30.3 Å². The molecule has 3 rings (SSSR count).